The molecule has 0 radical (unpaired) electrons. The quantitative estimate of drug-likeness (QED) is 0.386. The second-order valence-corrected chi connectivity index (χ2v) is 6.99. The van der Waals surface area contributed by atoms with Gasteiger partial charge in [0.05, 0.1) is 5.56 Å². The first-order chi connectivity index (χ1) is 15.0. The maximum atomic E-state index is 14.2. The number of ether oxygens (including phenoxy) is 1. The van der Waals surface area contributed by atoms with Crippen molar-refractivity contribution in [2.24, 2.45) is 0 Å². The lowest BCUT2D eigenvalue weighted by Gasteiger charge is -2.16. The number of benzene rings is 4. The van der Waals surface area contributed by atoms with Gasteiger partial charge in [0.1, 0.15) is 24.0 Å². The van der Waals surface area contributed by atoms with Gasteiger partial charge in [-0.2, -0.15) is 0 Å². The highest BCUT2D eigenvalue weighted by Crippen LogP contribution is 2.38. The first-order valence-electron chi connectivity index (χ1n) is 9.61. The van der Waals surface area contributed by atoms with Crippen LogP contribution < -0.4 is 4.74 Å². The summed E-state index contributed by atoms with van der Waals surface area (Å²) < 4.78 is 33.3. The van der Waals surface area contributed by atoms with E-state index >= 15 is 0 Å². The van der Waals surface area contributed by atoms with Gasteiger partial charge in [-0.3, -0.25) is 0 Å². The minimum atomic E-state index is -1.02. The molecule has 5 heteroatoms. The molecule has 4 aromatic rings. The second kappa shape index (κ2) is 8.79. The third-order valence-electron chi connectivity index (χ3n) is 4.89. The second-order valence-electron chi connectivity index (χ2n) is 6.99. The summed E-state index contributed by atoms with van der Waals surface area (Å²) in [6, 6.07) is 24.2. The van der Waals surface area contributed by atoms with Crippen molar-refractivity contribution < 1.29 is 23.4 Å². The van der Waals surface area contributed by atoms with Gasteiger partial charge in [0.15, 0.2) is 0 Å². The Balaban J connectivity index is 1.75. The summed E-state index contributed by atoms with van der Waals surface area (Å²) >= 11 is 0. The molecule has 0 saturated carbocycles. The monoisotopic (exact) mass is 416 g/mol. The SMILES string of the molecule is O=C(O)c1cccc(-c2ccccc2-c2cc(F)ccc2OCc2ccc(F)cc2)c1. The lowest BCUT2D eigenvalue weighted by Crippen LogP contribution is -1.99. The van der Waals surface area contributed by atoms with Gasteiger partial charge in [-0.1, -0.05) is 48.5 Å². The highest BCUT2D eigenvalue weighted by atomic mass is 19.1. The Bertz CT molecular complexity index is 1230. The van der Waals surface area contributed by atoms with E-state index in [1.807, 2.05) is 30.3 Å². The van der Waals surface area contributed by atoms with Crippen LogP contribution in [-0.2, 0) is 6.61 Å². The molecule has 0 aliphatic carbocycles. The topological polar surface area (TPSA) is 46.5 Å². The van der Waals surface area contributed by atoms with Crippen LogP contribution in [0.3, 0.4) is 0 Å². The first kappa shape index (κ1) is 20.3. The summed E-state index contributed by atoms with van der Waals surface area (Å²) in [4.78, 5) is 11.4. The van der Waals surface area contributed by atoms with E-state index < -0.39 is 11.8 Å². The van der Waals surface area contributed by atoms with E-state index in [2.05, 4.69) is 0 Å². The molecule has 0 saturated heterocycles. The van der Waals surface area contributed by atoms with E-state index in [9.17, 15) is 18.7 Å². The molecule has 0 aromatic heterocycles. The number of carboxylic acid groups (broad SMARTS) is 1. The van der Waals surface area contributed by atoms with Crippen molar-refractivity contribution in [3.8, 4) is 28.0 Å². The lowest BCUT2D eigenvalue weighted by molar-refractivity contribution is 0.0697. The summed E-state index contributed by atoms with van der Waals surface area (Å²) in [5, 5.41) is 9.33. The molecule has 0 unspecified atom stereocenters. The Kier molecular flexibility index (Phi) is 5.76. The molecule has 4 rings (SSSR count). The molecule has 0 spiro atoms. The molecule has 0 amide bonds. The van der Waals surface area contributed by atoms with Crippen LogP contribution in [0.1, 0.15) is 15.9 Å². The third-order valence-corrected chi connectivity index (χ3v) is 4.89. The molecule has 0 aliphatic heterocycles. The van der Waals surface area contributed by atoms with Crippen LogP contribution in [0.5, 0.6) is 5.75 Å². The van der Waals surface area contributed by atoms with Crippen LogP contribution in [0.15, 0.2) is 91.0 Å². The van der Waals surface area contributed by atoms with E-state index in [0.717, 1.165) is 11.1 Å². The molecule has 1 N–H and O–H groups in total. The zero-order valence-electron chi connectivity index (χ0n) is 16.4. The van der Waals surface area contributed by atoms with Gasteiger partial charge >= 0.3 is 5.97 Å². The average Bonchev–Trinajstić information content (AvgIpc) is 2.79. The van der Waals surface area contributed by atoms with Gasteiger partial charge in [0.2, 0.25) is 0 Å². The van der Waals surface area contributed by atoms with Crippen molar-refractivity contribution in [2.75, 3.05) is 0 Å². The van der Waals surface area contributed by atoms with Crippen molar-refractivity contribution in [2.45, 2.75) is 6.61 Å². The van der Waals surface area contributed by atoms with Crippen molar-refractivity contribution in [1.29, 1.82) is 0 Å². The summed E-state index contributed by atoms with van der Waals surface area (Å²) in [6.45, 7) is 0.190. The van der Waals surface area contributed by atoms with Crippen LogP contribution in [0.2, 0.25) is 0 Å². The normalized spacial score (nSPS) is 10.6. The average molecular weight is 416 g/mol. The van der Waals surface area contributed by atoms with E-state index in [-0.39, 0.29) is 18.0 Å². The molecule has 0 aliphatic rings. The van der Waals surface area contributed by atoms with Gasteiger partial charge in [0.25, 0.3) is 0 Å². The largest absolute Gasteiger partial charge is 0.488 e. The van der Waals surface area contributed by atoms with Gasteiger partial charge in [-0.05, 0) is 64.7 Å². The summed E-state index contributed by atoms with van der Waals surface area (Å²) in [6.07, 6.45) is 0. The lowest BCUT2D eigenvalue weighted by atomic mass is 9.93. The van der Waals surface area contributed by atoms with Gasteiger partial charge < -0.3 is 9.84 Å². The number of hydrogen-bond donors (Lipinski definition) is 1. The molecule has 3 nitrogen and oxygen atoms in total. The predicted octanol–water partition coefficient (Wildman–Crippen LogP) is 6.58. The first-order valence-corrected chi connectivity index (χ1v) is 9.61. The fourth-order valence-corrected chi connectivity index (χ4v) is 3.37. The Hall–Kier alpha value is -3.99. The Labute approximate surface area is 178 Å². The molecular weight excluding hydrogens is 398 g/mol. The maximum absolute atomic E-state index is 14.2. The van der Waals surface area contributed by atoms with Crippen molar-refractivity contribution >= 4 is 5.97 Å². The van der Waals surface area contributed by atoms with Crippen LogP contribution in [0, 0.1) is 11.6 Å². The van der Waals surface area contributed by atoms with Gasteiger partial charge in [-0.15, -0.1) is 0 Å². The Morgan fingerprint density at radius 2 is 1.45 bits per heavy atom. The third kappa shape index (κ3) is 4.61. The minimum Gasteiger partial charge on any atom is -0.488 e. The summed E-state index contributed by atoms with van der Waals surface area (Å²) in [5.74, 6) is -1.30. The number of rotatable bonds is 6. The summed E-state index contributed by atoms with van der Waals surface area (Å²) in [7, 11) is 0. The molecule has 0 fully saturated rings. The number of carbonyl (C=O) groups is 1. The number of carboxylic acids is 1. The number of halogens is 2. The zero-order valence-corrected chi connectivity index (χ0v) is 16.4. The van der Waals surface area contributed by atoms with Crippen LogP contribution in [0.25, 0.3) is 22.3 Å². The van der Waals surface area contributed by atoms with Crippen molar-refractivity contribution in [1.82, 2.24) is 0 Å². The smallest absolute Gasteiger partial charge is 0.335 e. The van der Waals surface area contributed by atoms with Crippen molar-refractivity contribution in [3.05, 3.63) is 114 Å². The zero-order chi connectivity index (χ0) is 21.8. The Morgan fingerprint density at radius 1 is 0.742 bits per heavy atom. The van der Waals surface area contributed by atoms with Crippen LogP contribution >= 0.6 is 0 Å². The fourth-order valence-electron chi connectivity index (χ4n) is 3.37. The number of aromatic carboxylic acids is 1. The van der Waals surface area contributed by atoms with E-state index in [0.29, 0.717) is 22.4 Å². The van der Waals surface area contributed by atoms with E-state index in [1.165, 1.54) is 30.3 Å². The molecule has 0 heterocycles. The van der Waals surface area contributed by atoms with Crippen LogP contribution in [0.4, 0.5) is 8.78 Å². The predicted molar refractivity (Wildman–Crippen MR) is 115 cm³/mol. The number of hydrogen-bond acceptors (Lipinski definition) is 2. The van der Waals surface area contributed by atoms with Crippen LogP contribution in [-0.4, -0.2) is 11.1 Å². The maximum Gasteiger partial charge on any atom is 0.335 e. The highest BCUT2D eigenvalue weighted by molar-refractivity contribution is 5.92. The van der Waals surface area contributed by atoms with Crippen molar-refractivity contribution in [3.63, 3.8) is 0 Å². The molecule has 0 atom stereocenters. The standard InChI is InChI=1S/C26H18F2O3/c27-20-10-8-17(9-11-20)16-31-25-13-12-21(28)15-24(25)23-7-2-1-6-22(23)18-4-3-5-19(14-18)26(29)30/h1-15H,16H2,(H,29,30). The fraction of sp³-hybridized carbons (Fsp3) is 0.0385. The van der Waals surface area contributed by atoms with Gasteiger partial charge in [0, 0.05) is 5.56 Å². The summed E-state index contributed by atoms with van der Waals surface area (Å²) in [5.41, 5.74) is 3.64. The van der Waals surface area contributed by atoms with E-state index in [4.69, 9.17) is 4.74 Å². The molecular formula is C26H18F2O3. The van der Waals surface area contributed by atoms with Gasteiger partial charge in [-0.25, -0.2) is 13.6 Å². The highest BCUT2D eigenvalue weighted by Gasteiger charge is 2.14. The van der Waals surface area contributed by atoms with E-state index in [1.54, 1.807) is 30.3 Å². The molecule has 31 heavy (non-hydrogen) atoms. The molecule has 4 aromatic carbocycles. The minimum absolute atomic E-state index is 0.166. The Morgan fingerprint density at radius 3 is 2.19 bits per heavy atom. The molecule has 0 bridgehead atoms. The molecule has 154 valence electrons.